The molecule has 0 bridgehead atoms. The van der Waals surface area contributed by atoms with Gasteiger partial charge in [0.25, 0.3) is 5.91 Å². The van der Waals surface area contributed by atoms with Gasteiger partial charge in [-0.15, -0.1) is 0 Å². The zero-order valence-corrected chi connectivity index (χ0v) is 15.1. The number of halogens is 3. The van der Waals surface area contributed by atoms with Crippen LogP contribution >= 0.6 is 0 Å². The third-order valence-corrected chi connectivity index (χ3v) is 5.11. The average Bonchev–Trinajstić information content (AvgIpc) is 2.98. The Morgan fingerprint density at radius 3 is 2.41 bits per heavy atom. The van der Waals surface area contributed by atoms with Gasteiger partial charge in [0.15, 0.2) is 17.5 Å². The normalized spacial score (nSPS) is 18.7. The van der Waals surface area contributed by atoms with Gasteiger partial charge in [-0.25, -0.2) is 22.9 Å². The van der Waals surface area contributed by atoms with Crippen LogP contribution in [0.2, 0.25) is 0 Å². The number of benzene rings is 2. The maximum Gasteiger partial charge on any atom is 0.329 e. The van der Waals surface area contributed by atoms with E-state index in [0.717, 1.165) is 11.1 Å². The number of imide groups is 1. The topological polar surface area (TPSA) is 69.7 Å². The molecule has 1 saturated heterocycles. The van der Waals surface area contributed by atoms with E-state index in [0.29, 0.717) is 36.5 Å². The van der Waals surface area contributed by atoms with Crippen LogP contribution in [0, 0.1) is 17.5 Å². The molecule has 1 fully saturated rings. The fraction of sp³-hybridized carbons (Fsp3) is 0.250. The molecule has 2 aliphatic rings. The van der Waals surface area contributed by atoms with Gasteiger partial charge < -0.3 is 10.2 Å². The summed E-state index contributed by atoms with van der Waals surface area (Å²) >= 11 is 0. The lowest BCUT2D eigenvalue weighted by Crippen LogP contribution is -2.41. The van der Waals surface area contributed by atoms with Gasteiger partial charge in [0.05, 0.1) is 12.1 Å². The summed E-state index contributed by atoms with van der Waals surface area (Å²) in [5.74, 6) is -5.89. The molecule has 29 heavy (non-hydrogen) atoms. The van der Waals surface area contributed by atoms with Crippen LogP contribution in [0.4, 0.5) is 23.7 Å². The van der Waals surface area contributed by atoms with Crippen LogP contribution in [0.15, 0.2) is 36.4 Å². The van der Waals surface area contributed by atoms with Crippen molar-refractivity contribution >= 4 is 23.5 Å². The Bertz CT molecular complexity index is 1000. The van der Waals surface area contributed by atoms with Crippen molar-refractivity contribution in [2.24, 2.45) is 0 Å². The number of carbonyl (C=O) groups excluding carboxylic acids is 3. The predicted octanol–water partition coefficient (Wildman–Crippen LogP) is 2.50. The van der Waals surface area contributed by atoms with E-state index < -0.39 is 41.1 Å². The molecule has 0 unspecified atom stereocenters. The highest BCUT2D eigenvalue weighted by molar-refractivity contribution is 6.22. The quantitative estimate of drug-likeness (QED) is 0.633. The standard InChI is InChI=1S/C20H16F3N3O3/c21-14-7-13(8-15(22)18(14)23)26-19(28)16(24-20(26)29)9-17(27)25-6-5-11-3-1-2-4-12(11)10-25/h1-4,7-8,16H,5-6,9-10H2,(H,24,29)/t16-/m0/s1. The van der Waals surface area contributed by atoms with Crippen LogP contribution in [0.1, 0.15) is 17.5 Å². The van der Waals surface area contributed by atoms with Crippen LogP contribution < -0.4 is 10.2 Å². The van der Waals surface area contributed by atoms with Gasteiger partial charge in [-0.3, -0.25) is 9.59 Å². The number of fused-ring (bicyclic) bond motifs is 1. The molecule has 0 spiro atoms. The first kappa shape index (κ1) is 19.0. The number of hydrogen-bond donors (Lipinski definition) is 1. The number of carbonyl (C=O) groups is 3. The van der Waals surface area contributed by atoms with E-state index in [1.54, 1.807) is 4.90 Å². The van der Waals surface area contributed by atoms with Crippen LogP contribution in [0.3, 0.4) is 0 Å². The molecule has 4 rings (SSSR count). The number of hydrogen-bond acceptors (Lipinski definition) is 3. The van der Waals surface area contributed by atoms with E-state index in [9.17, 15) is 27.6 Å². The molecule has 0 aliphatic carbocycles. The molecule has 2 aromatic carbocycles. The fourth-order valence-corrected chi connectivity index (χ4v) is 3.60. The number of amides is 4. The minimum Gasteiger partial charge on any atom is -0.338 e. The van der Waals surface area contributed by atoms with Crippen molar-refractivity contribution < 1.29 is 27.6 Å². The van der Waals surface area contributed by atoms with Crippen molar-refractivity contribution in [1.29, 1.82) is 0 Å². The number of anilines is 1. The Kier molecular flexibility index (Phi) is 4.73. The summed E-state index contributed by atoms with van der Waals surface area (Å²) in [7, 11) is 0. The largest absolute Gasteiger partial charge is 0.338 e. The van der Waals surface area contributed by atoms with E-state index >= 15 is 0 Å². The van der Waals surface area contributed by atoms with Crippen LogP contribution in [-0.4, -0.2) is 35.3 Å². The lowest BCUT2D eigenvalue weighted by molar-refractivity contribution is -0.134. The molecule has 1 atom stereocenters. The zero-order chi connectivity index (χ0) is 20.7. The molecule has 6 nitrogen and oxygen atoms in total. The van der Waals surface area contributed by atoms with Crippen molar-refractivity contribution in [3.8, 4) is 0 Å². The van der Waals surface area contributed by atoms with E-state index in [2.05, 4.69) is 5.32 Å². The van der Waals surface area contributed by atoms with Gasteiger partial charge in [0.1, 0.15) is 6.04 Å². The third-order valence-electron chi connectivity index (χ3n) is 5.11. The van der Waals surface area contributed by atoms with Crippen molar-refractivity contribution in [2.75, 3.05) is 11.4 Å². The zero-order valence-electron chi connectivity index (χ0n) is 15.1. The predicted molar refractivity (Wildman–Crippen MR) is 96.3 cm³/mol. The number of urea groups is 1. The van der Waals surface area contributed by atoms with Gasteiger partial charge >= 0.3 is 6.03 Å². The lowest BCUT2D eigenvalue weighted by atomic mass is 9.99. The fourth-order valence-electron chi connectivity index (χ4n) is 3.60. The number of nitrogens with zero attached hydrogens (tertiary/aromatic N) is 2. The van der Waals surface area contributed by atoms with Gasteiger partial charge in [-0.1, -0.05) is 24.3 Å². The Labute approximate surface area is 163 Å². The maximum absolute atomic E-state index is 13.5. The molecule has 0 saturated carbocycles. The highest BCUT2D eigenvalue weighted by Crippen LogP contribution is 2.26. The lowest BCUT2D eigenvalue weighted by Gasteiger charge is -2.29. The first-order chi connectivity index (χ1) is 13.8. The number of nitrogens with one attached hydrogen (secondary N) is 1. The molecule has 2 aromatic rings. The third kappa shape index (κ3) is 3.43. The molecular weight excluding hydrogens is 387 g/mol. The summed E-state index contributed by atoms with van der Waals surface area (Å²) in [5, 5.41) is 2.35. The van der Waals surface area contributed by atoms with Crippen molar-refractivity contribution in [2.45, 2.75) is 25.4 Å². The Balaban J connectivity index is 1.48. The molecule has 4 amide bonds. The summed E-state index contributed by atoms with van der Waals surface area (Å²) < 4.78 is 40.1. The summed E-state index contributed by atoms with van der Waals surface area (Å²) in [6.45, 7) is 0.894. The molecule has 2 aliphatic heterocycles. The van der Waals surface area contributed by atoms with Gasteiger partial charge in [-0.05, 0) is 17.5 Å². The van der Waals surface area contributed by atoms with Crippen LogP contribution in [-0.2, 0) is 22.6 Å². The molecule has 150 valence electrons. The molecular formula is C20H16F3N3O3. The second-order valence-electron chi connectivity index (χ2n) is 6.94. The average molecular weight is 403 g/mol. The highest BCUT2D eigenvalue weighted by Gasteiger charge is 2.41. The van der Waals surface area contributed by atoms with Crippen molar-refractivity contribution in [3.63, 3.8) is 0 Å². The molecule has 1 N–H and O–H groups in total. The molecule has 0 radical (unpaired) electrons. The number of rotatable bonds is 3. The van der Waals surface area contributed by atoms with E-state index in [1.807, 2.05) is 24.3 Å². The van der Waals surface area contributed by atoms with Gasteiger partial charge in [0.2, 0.25) is 5.91 Å². The second-order valence-corrected chi connectivity index (χ2v) is 6.94. The van der Waals surface area contributed by atoms with Crippen LogP contribution in [0.25, 0.3) is 0 Å². The summed E-state index contributed by atoms with van der Waals surface area (Å²) in [4.78, 5) is 39.5. The van der Waals surface area contributed by atoms with E-state index in [1.165, 1.54) is 0 Å². The molecule has 9 heteroatoms. The second kappa shape index (κ2) is 7.23. The molecule has 2 heterocycles. The Hall–Kier alpha value is -3.36. The van der Waals surface area contributed by atoms with Gasteiger partial charge in [-0.2, -0.15) is 0 Å². The van der Waals surface area contributed by atoms with Crippen molar-refractivity contribution in [1.82, 2.24) is 10.2 Å². The summed E-state index contributed by atoms with van der Waals surface area (Å²) in [6.07, 6.45) is 0.405. The Morgan fingerprint density at radius 2 is 1.72 bits per heavy atom. The first-order valence-corrected chi connectivity index (χ1v) is 8.98. The van der Waals surface area contributed by atoms with E-state index in [-0.39, 0.29) is 12.3 Å². The Morgan fingerprint density at radius 1 is 1.07 bits per heavy atom. The molecule has 0 aromatic heterocycles. The van der Waals surface area contributed by atoms with Crippen LogP contribution in [0.5, 0.6) is 0 Å². The van der Waals surface area contributed by atoms with Crippen molar-refractivity contribution in [3.05, 3.63) is 65.0 Å². The summed E-state index contributed by atoms with van der Waals surface area (Å²) in [6, 6.07) is 6.76. The minimum atomic E-state index is -1.70. The smallest absolute Gasteiger partial charge is 0.329 e. The monoisotopic (exact) mass is 403 g/mol. The SMILES string of the molecule is O=C(C[C@@H]1NC(=O)N(c2cc(F)c(F)c(F)c2)C1=O)N1CCc2ccccc2C1. The summed E-state index contributed by atoms with van der Waals surface area (Å²) in [5.41, 5.74) is 1.74. The van der Waals surface area contributed by atoms with Gasteiger partial charge in [0, 0.05) is 25.2 Å². The highest BCUT2D eigenvalue weighted by atomic mass is 19.2. The first-order valence-electron chi connectivity index (χ1n) is 8.98. The van der Waals surface area contributed by atoms with E-state index in [4.69, 9.17) is 0 Å². The minimum absolute atomic E-state index is 0.282. The maximum atomic E-state index is 13.5.